The van der Waals surface area contributed by atoms with Crippen molar-refractivity contribution in [1.29, 1.82) is 0 Å². The summed E-state index contributed by atoms with van der Waals surface area (Å²) in [4.78, 5) is 0. The van der Waals surface area contributed by atoms with E-state index in [2.05, 4.69) is 46.4 Å². The van der Waals surface area contributed by atoms with Crippen LogP contribution >= 0.6 is 15.9 Å². The topological polar surface area (TPSA) is 30.5 Å². The van der Waals surface area contributed by atoms with Crippen molar-refractivity contribution in [2.24, 2.45) is 0 Å². The van der Waals surface area contributed by atoms with Gasteiger partial charge in [0.2, 0.25) is 0 Å². The molecule has 3 nitrogen and oxygen atoms in total. The molecular weight excluding hydrogens is 330 g/mol. The molecule has 2 aromatic rings. The molecule has 1 atom stereocenters. The number of hydrogen-bond donors (Lipinski definition) is 1. The summed E-state index contributed by atoms with van der Waals surface area (Å²) in [6.45, 7) is 2.09. The van der Waals surface area contributed by atoms with E-state index in [1.54, 1.807) is 14.2 Å². The first-order valence-electron chi connectivity index (χ1n) is 6.76. The third-order valence-corrected chi connectivity index (χ3v) is 4.23. The Labute approximate surface area is 134 Å². The summed E-state index contributed by atoms with van der Waals surface area (Å²) in [5, 5.41) is 3.36. The average Bonchev–Trinajstić information content (AvgIpc) is 2.51. The third kappa shape index (κ3) is 3.22. The van der Waals surface area contributed by atoms with Gasteiger partial charge in [-0.15, -0.1) is 0 Å². The summed E-state index contributed by atoms with van der Waals surface area (Å²) < 4.78 is 12.1. The van der Waals surface area contributed by atoms with Crippen molar-refractivity contribution in [2.45, 2.75) is 13.0 Å². The highest BCUT2D eigenvalue weighted by molar-refractivity contribution is 9.10. The zero-order chi connectivity index (χ0) is 15.4. The molecule has 0 heterocycles. The highest BCUT2D eigenvalue weighted by Gasteiger charge is 2.23. The maximum atomic E-state index is 5.53. The number of methoxy groups -OCH3 is 2. The number of ether oxygens (including phenoxy) is 2. The summed E-state index contributed by atoms with van der Waals surface area (Å²) in [7, 11) is 5.29. The van der Waals surface area contributed by atoms with Crippen LogP contribution in [0.15, 0.2) is 40.9 Å². The summed E-state index contributed by atoms with van der Waals surface area (Å²) >= 11 is 3.64. The van der Waals surface area contributed by atoms with Crippen molar-refractivity contribution >= 4 is 15.9 Å². The third-order valence-electron chi connectivity index (χ3n) is 3.51. The molecule has 0 saturated carbocycles. The van der Waals surface area contributed by atoms with Crippen LogP contribution in [0.5, 0.6) is 11.5 Å². The van der Waals surface area contributed by atoms with Gasteiger partial charge in [-0.3, -0.25) is 0 Å². The number of hydrogen-bond acceptors (Lipinski definition) is 3. The van der Waals surface area contributed by atoms with Gasteiger partial charge in [-0.25, -0.2) is 0 Å². The molecule has 2 rings (SSSR count). The summed E-state index contributed by atoms with van der Waals surface area (Å²) in [6, 6.07) is 12.1. The first kappa shape index (κ1) is 15.9. The van der Waals surface area contributed by atoms with E-state index in [0.717, 1.165) is 27.1 Å². The van der Waals surface area contributed by atoms with Crippen molar-refractivity contribution < 1.29 is 9.47 Å². The molecule has 112 valence electrons. The summed E-state index contributed by atoms with van der Waals surface area (Å²) in [6.07, 6.45) is 0. The maximum Gasteiger partial charge on any atom is 0.127 e. The van der Waals surface area contributed by atoms with Crippen molar-refractivity contribution in [1.82, 2.24) is 5.32 Å². The molecule has 0 aromatic heterocycles. The minimum Gasteiger partial charge on any atom is -0.496 e. The highest BCUT2D eigenvalue weighted by Crippen LogP contribution is 2.39. The van der Waals surface area contributed by atoms with Crippen LogP contribution in [0.2, 0.25) is 0 Å². The van der Waals surface area contributed by atoms with E-state index in [1.807, 2.05) is 25.2 Å². The van der Waals surface area contributed by atoms with E-state index in [0.29, 0.717) is 0 Å². The van der Waals surface area contributed by atoms with Gasteiger partial charge in [0, 0.05) is 4.47 Å². The fraction of sp³-hybridized carbons (Fsp3) is 0.294. The van der Waals surface area contributed by atoms with Crippen molar-refractivity contribution in [3.8, 4) is 11.5 Å². The molecule has 0 amide bonds. The van der Waals surface area contributed by atoms with Gasteiger partial charge in [-0.1, -0.05) is 39.7 Å². The standard InChI is InChI=1S/C17H20BrNO2/c1-11-8-9-13(18)12(10-11)17(19-2)16-14(20-3)6-5-7-15(16)21-4/h5-10,17,19H,1-4H3. The Morgan fingerprint density at radius 1 is 1.05 bits per heavy atom. The van der Waals surface area contributed by atoms with Gasteiger partial charge in [0.05, 0.1) is 25.8 Å². The van der Waals surface area contributed by atoms with Crippen molar-refractivity contribution in [3.63, 3.8) is 0 Å². The van der Waals surface area contributed by atoms with Crippen LogP contribution in [0.1, 0.15) is 22.7 Å². The molecule has 0 aliphatic rings. The molecule has 2 aromatic carbocycles. The van der Waals surface area contributed by atoms with E-state index in [9.17, 15) is 0 Å². The molecule has 21 heavy (non-hydrogen) atoms. The van der Waals surface area contributed by atoms with Gasteiger partial charge >= 0.3 is 0 Å². The second kappa shape index (κ2) is 6.96. The van der Waals surface area contributed by atoms with Gasteiger partial charge in [0.15, 0.2) is 0 Å². The molecule has 0 aliphatic carbocycles. The molecule has 0 bridgehead atoms. The number of benzene rings is 2. The first-order valence-corrected chi connectivity index (χ1v) is 7.55. The van der Waals surface area contributed by atoms with Crippen molar-refractivity contribution in [3.05, 3.63) is 57.6 Å². The lowest BCUT2D eigenvalue weighted by molar-refractivity contribution is 0.378. The van der Waals surface area contributed by atoms with Crippen LogP contribution < -0.4 is 14.8 Å². The van der Waals surface area contributed by atoms with Gasteiger partial charge in [0.25, 0.3) is 0 Å². The van der Waals surface area contributed by atoms with E-state index >= 15 is 0 Å². The first-order chi connectivity index (χ1) is 10.1. The SMILES string of the molecule is CNC(c1cc(C)ccc1Br)c1c(OC)cccc1OC. The average molecular weight is 350 g/mol. The molecule has 4 heteroatoms. The zero-order valence-corrected chi connectivity index (χ0v) is 14.3. The lowest BCUT2D eigenvalue weighted by Gasteiger charge is -2.23. The van der Waals surface area contributed by atoms with Crippen LogP contribution in [0.4, 0.5) is 0 Å². The van der Waals surface area contributed by atoms with Crippen molar-refractivity contribution in [2.75, 3.05) is 21.3 Å². The molecular formula is C17H20BrNO2. The van der Waals surface area contributed by atoms with Gasteiger partial charge < -0.3 is 14.8 Å². The normalized spacial score (nSPS) is 12.0. The Morgan fingerprint density at radius 2 is 1.67 bits per heavy atom. The highest BCUT2D eigenvalue weighted by atomic mass is 79.9. The van der Waals surface area contributed by atoms with E-state index in [4.69, 9.17) is 9.47 Å². The van der Waals surface area contributed by atoms with E-state index < -0.39 is 0 Å². The summed E-state index contributed by atoms with van der Waals surface area (Å²) in [5.41, 5.74) is 3.36. The fourth-order valence-corrected chi connectivity index (χ4v) is 2.98. The second-order valence-electron chi connectivity index (χ2n) is 4.82. The lowest BCUT2D eigenvalue weighted by atomic mass is 9.96. The number of aryl methyl sites for hydroxylation is 1. The minimum atomic E-state index is -0.0228. The predicted molar refractivity (Wildman–Crippen MR) is 89.3 cm³/mol. The summed E-state index contributed by atoms with van der Waals surface area (Å²) in [5.74, 6) is 1.62. The quantitative estimate of drug-likeness (QED) is 0.881. The fourth-order valence-electron chi connectivity index (χ4n) is 2.50. The number of halogens is 1. The van der Waals surface area contributed by atoms with Crippen LogP contribution in [-0.4, -0.2) is 21.3 Å². The smallest absolute Gasteiger partial charge is 0.127 e. The van der Waals surface area contributed by atoms with Gasteiger partial charge in [-0.2, -0.15) is 0 Å². The van der Waals surface area contributed by atoms with Gasteiger partial charge in [-0.05, 0) is 37.7 Å². The molecule has 0 aliphatic heterocycles. The van der Waals surface area contributed by atoms with E-state index in [1.165, 1.54) is 5.56 Å². The predicted octanol–water partition coefficient (Wildman–Crippen LogP) is 4.08. The Kier molecular flexibility index (Phi) is 5.26. The zero-order valence-electron chi connectivity index (χ0n) is 12.7. The number of nitrogens with one attached hydrogen (secondary N) is 1. The Morgan fingerprint density at radius 3 is 2.19 bits per heavy atom. The van der Waals surface area contributed by atoms with Crippen LogP contribution in [0.25, 0.3) is 0 Å². The van der Waals surface area contributed by atoms with Crippen LogP contribution in [-0.2, 0) is 0 Å². The molecule has 1 N–H and O–H groups in total. The lowest BCUT2D eigenvalue weighted by Crippen LogP contribution is -2.20. The molecule has 1 unspecified atom stereocenters. The minimum absolute atomic E-state index is 0.0228. The molecule has 0 fully saturated rings. The molecule has 0 saturated heterocycles. The monoisotopic (exact) mass is 349 g/mol. The van der Waals surface area contributed by atoms with Crippen LogP contribution in [0, 0.1) is 6.92 Å². The number of rotatable bonds is 5. The maximum absolute atomic E-state index is 5.53. The largest absolute Gasteiger partial charge is 0.496 e. The van der Waals surface area contributed by atoms with Gasteiger partial charge in [0.1, 0.15) is 11.5 Å². The Hall–Kier alpha value is -1.52. The van der Waals surface area contributed by atoms with E-state index in [-0.39, 0.29) is 6.04 Å². The molecule has 0 radical (unpaired) electrons. The Balaban J connectivity index is 2.63. The molecule has 0 spiro atoms. The Bertz CT molecular complexity index is 606. The second-order valence-corrected chi connectivity index (χ2v) is 5.68. The van der Waals surface area contributed by atoms with Crippen LogP contribution in [0.3, 0.4) is 0 Å².